The van der Waals surface area contributed by atoms with Gasteiger partial charge in [0.2, 0.25) is 5.91 Å². The average Bonchev–Trinajstić information content (AvgIpc) is 2.54. The molecular formula is C16H25N3OS2. The number of thioether (sulfide) groups is 2. The number of benzene rings is 1. The number of nitrogens with one attached hydrogen (secondary N) is 1. The molecule has 1 saturated heterocycles. The number of amides is 1. The van der Waals surface area contributed by atoms with Crippen LogP contribution in [0.2, 0.25) is 0 Å². The summed E-state index contributed by atoms with van der Waals surface area (Å²) >= 11 is 3.72. The van der Waals surface area contributed by atoms with Gasteiger partial charge in [-0.2, -0.15) is 23.5 Å². The predicted octanol–water partition coefficient (Wildman–Crippen LogP) is 2.25. The van der Waals surface area contributed by atoms with Gasteiger partial charge in [0.1, 0.15) is 0 Å². The van der Waals surface area contributed by atoms with Gasteiger partial charge in [-0.25, -0.2) is 0 Å². The predicted molar refractivity (Wildman–Crippen MR) is 98.6 cm³/mol. The summed E-state index contributed by atoms with van der Waals surface area (Å²) in [4.78, 5) is 14.5. The minimum absolute atomic E-state index is 0.0967. The number of carbonyl (C=O) groups excluding carboxylic acids is 1. The highest BCUT2D eigenvalue weighted by Crippen LogP contribution is 2.16. The Morgan fingerprint density at radius 2 is 2.23 bits per heavy atom. The van der Waals surface area contributed by atoms with E-state index in [1.54, 1.807) is 11.8 Å². The molecule has 1 aliphatic heterocycles. The summed E-state index contributed by atoms with van der Waals surface area (Å²) in [5.74, 6) is 3.23. The monoisotopic (exact) mass is 339 g/mol. The van der Waals surface area contributed by atoms with Crippen LogP contribution < -0.4 is 11.1 Å². The molecule has 1 aliphatic rings. The minimum atomic E-state index is -0.435. The van der Waals surface area contributed by atoms with Gasteiger partial charge in [-0.15, -0.1) is 0 Å². The van der Waals surface area contributed by atoms with Crippen molar-refractivity contribution >= 4 is 35.1 Å². The van der Waals surface area contributed by atoms with Gasteiger partial charge < -0.3 is 11.1 Å². The Labute approximate surface area is 141 Å². The molecule has 22 heavy (non-hydrogen) atoms. The first kappa shape index (κ1) is 17.7. The van der Waals surface area contributed by atoms with Crippen LogP contribution in [0.1, 0.15) is 12.0 Å². The van der Waals surface area contributed by atoms with Gasteiger partial charge in [-0.1, -0.05) is 12.1 Å². The molecule has 0 unspecified atom stereocenters. The third kappa shape index (κ3) is 5.83. The number of carbonyl (C=O) groups is 1. The van der Waals surface area contributed by atoms with Crippen LogP contribution in [0.15, 0.2) is 24.3 Å². The fraction of sp³-hybridized carbons (Fsp3) is 0.562. The standard InChI is InChI=1S/C16H25N3OS2/c1-21-8-5-15(17)16(20)18-14-4-2-3-13(11-14)12-19-6-9-22-10-7-19/h2-4,11,15H,5-10,12,17H2,1H3,(H,18,20)/t15-/m0/s1. The van der Waals surface area contributed by atoms with E-state index >= 15 is 0 Å². The average molecular weight is 340 g/mol. The van der Waals surface area contributed by atoms with Crippen molar-refractivity contribution in [1.29, 1.82) is 0 Å². The van der Waals surface area contributed by atoms with Crippen LogP contribution in [0, 0.1) is 0 Å². The van der Waals surface area contributed by atoms with Gasteiger partial charge in [0.05, 0.1) is 6.04 Å². The Bertz CT molecular complexity index is 478. The minimum Gasteiger partial charge on any atom is -0.325 e. The molecule has 0 saturated carbocycles. The number of nitrogens with two attached hydrogens (primary N) is 1. The smallest absolute Gasteiger partial charge is 0.241 e. The van der Waals surface area contributed by atoms with Gasteiger partial charge in [0.15, 0.2) is 0 Å². The topological polar surface area (TPSA) is 58.4 Å². The Kier molecular flexibility index (Phi) is 7.59. The number of hydrogen-bond donors (Lipinski definition) is 2. The van der Waals surface area contributed by atoms with Crippen molar-refractivity contribution in [2.45, 2.75) is 19.0 Å². The molecule has 1 fully saturated rings. The zero-order valence-corrected chi connectivity index (χ0v) is 14.7. The first-order chi connectivity index (χ1) is 10.7. The third-order valence-electron chi connectivity index (χ3n) is 3.67. The van der Waals surface area contributed by atoms with E-state index < -0.39 is 6.04 Å². The molecule has 0 radical (unpaired) electrons. The van der Waals surface area contributed by atoms with Crippen LogP contribution in [0.25, 0.3) is 0 Å². The number of anilines is 1. The van der Waals surface area contributed by atoms with E-state index in [9.17, 15) is 4.79 Å². The van der Waals surface area contributed by atoms with Crippen molar-refractivity contribution in [3.05, 3.63) is 29.8 Å². The maximum Gasteiger partial charge on any atom is 0.241 e. The third-order valence-corrected chi connectivity index (χ3v) is 5.26. The summed E-state index contributed by atoms with van der Waals surface area (Å²) in [7, 11) is 0. The van der Waals surface area contributed by atoms with Gasteiger partial charge in [0.25, 0.3) is 0 Å². The summed E-state index contributed by atoms with van der Waals surface area (Å²) in [6, 6.07) is 7.66. The molecule has 0 aromatic heterocycles. The lowest BCUT2D eigenvalue weighted by Crippen LogP contribution is -2.36. The van der Waals surface area contributed by atoms with E-state index in [4.69, 9.17) is 5.73 Å². The van der Waals surface area contributed by atoms with Crippen molar-refractivity contribution in [1.82, 2.24) is 4.90 Å². The van der Waals surface area contributed by atoms with Crippen LogP contribution >= 0.6 is 23.5 Å². The molecule has 1 amide bonds. The van der Waals surface area contributed by atoms with Gasteiger partial charge in [-0.05, 0) is 36.1 Å². The highest BCUT2D eigenvalue weighted by molar-refractivity contribution is 7.99. The molecule has 1 atom stereocenters. The second-order valence-corrected chi connectivity index (χ2v) is 7.68. The van der Waals surface area contributed by atoms with Crippen molar-refractivity contribution in [2.75, 3.05) is 41.9 Å². The molecule has 6 heteroatoms. The zero-order valence-electron chi connectivity index (χ0n) is 13.1. The summed E-state index contributed by atoms with van der Waals surface area (Å²) in [5, 5.41) is 2.93. The fourth-order valence-corrected chi connectivity index (χ4v) is 3.84. The van der Waals surface area contributed by atoms with E-state index in [0.717, 1.165) is 31.1 Å². The Morgan fingerprint density at radius 1 is 1.45 bits per heavy atom. The zero-order chi connectivity index (χ0) is 15.8. The second-order valence-electron chi connectivity index (χ2n) is 5.47. The molecule has 1 heterocycles. The summed E-state index contributed by atoms with van der Waals surface area (Å²) in [6.07, 6.45) is 2.73. The molecule has 122 valence electrons. The fourth-order valence-electron chi connectivity index (χ4n) is 2.38. The van der Waals surface area contributed by atoms with Crippen LogP contribution in [-0.4, -0.2) is 53.5 Å². The summed E-state index contributed by atoms with van der Waals surface area (Å²) in [5.41, 5.74) is 7.98. The van der Waals surface area contributed by atoms with Gasteiger partial charge >= 0.3 is 0 Å². The van der Waals surface area contributed by atoms with E-state index in [1.165, 1.54) is 17.1 Å². The molecule has 2 rings (SSSR count). The largest absolute Gasteiger partial charge is 0.325 e. The highest BCUT2D eigenvalue weighted by Gasteiger charge is 2.14. The van der Waals surface area contributed by atoms with E-state index in [1.807, 2.05) is 30.2 Å². The molecular weight excluding hydrogens is 314 g/mol. The maximum absolute atomic E-state index is 12.1. The Morgan fingerprint density at radius 3 is 2.95 bits per heavy atom. The van der Waals surface area contributed by atoms with E-state index in [-0.39, 0.29) is 5.91 Å². The lowest BCUT2D eigenvalue weighted by Gasteiger charge is -2.26. The molecule has 3 N–H and O–H groups in total. The van der Waals surface area contributed by atoms with Crippen LogP contribution in [-0.2, 0) is 11.3 Å². The second kappa shape index (κ2) is 9.45. The van der Waals surface area contributed by atoms with Gasteiger partial charge in [0, 0.05) is 36.8 Å². The summed E-state index contributed by atoms with van der Waals surface area (Å²) < 4.78 is 0. The van der Waals surface area contributed by atoms with Crippen molar-refractivity contribution in [3.63, 3.8) is 0 Å². The normalized spacial score (nSPS) is 17.2. The number of hydrogen-bond acceptors (Lipinski definition) is 5. The van der Waals surface area contributed by atoms with Crippen LogP contribution in [0.5, 0.6) is 0 Å². The molecule has 0 spiro atoms. The van der Waals surface area contributed by atoms with E-state index in [0.29, 0.717) is 6.42 Å². The van der Waals surface area contributed by atoms with Crippen molar-refractivity contribution in [3.8, 4) is 0 Å². The van der Waals surface area contributed by atoms with Gasteiger partial charge in [-0.3, -0.25) is 9.69 Å². The quantitative estimate of drug-likeness (QED) is 0.798. The summed E-state index contributed by atoms with van der Waals surface area (Å²) in [6.45, 7) is 3.23. The Hall–Kier alpha value is -0.690. The van der Waals surface area contributed by atoms with Crippen molar-refractivity contribution in [2.24, 2.45) is 5.73 Å². The first-order valence-electron chi connectivity index (χ1n) is 7.63. The van der Waals surface area contributed by atoms with E-state index in [2.05, 4.69) is 22.3 Å². The molecule has 0 bridgehead atoms. The van der Waals surface area contributed by atoms with Crippen LogP contribution in [0.4, 0.5) is 5.69 Å². The molecule has 1 aromatic carbocycles. The van der Waals surface area contributed by atoms with Crippen molar-refractivity contribution < 1.29 is 4.79 Å². The molecule has 4 nitrogen and oxygen atoms in total. The highest BCUT2D eigenvalue weighted by atomic mass is 32.2. The first-order valence-corrected chi connectivity index (χ1v) is 10.2. The van der Waals surface area contributed by atoms with Crippen LogP contribution in [0.3, 0.4) is 0 Å². The number of rotatable bonds is 7. The Balaban J connectivity index is 1.88. The molecule has 1 aromatic rings. The maximum atomic E-state index is 12.1. The number of nitrogens with zero attached hydrogens (tertiary/aromatic N) is 1. The lowest BCUT2D eigenvalue weighted by atomic mass is 10.1. The molecule has 0 aliphatic carbocycles. The SMILES string of the molecule is CSCC[C@H](N)C(=O)Nc1cccc(CN2CCSCC2)c1. The lowest BCUT2D eigenvalue weighted by molar-refractivity contribution is -0.117.